The van der Waals surface area contributed by atoms with Gasteiger partial charge in [0.1, 0.15) is 0 Å². The molecule has 1 N–H and O–H groups in total. The SMILES string of the molecule is Clc1ccc2c(c1)Sc1cc(Cl)ccc1N2[C@@H]1CCCNCC1. The molecule has 2 aromatic carbocycles. The van der Waals surface area contributed by atoms with Gasteiger partial charge in [0.25, 0.3) is 0 Å². The molecule has 0 aliphatic carbocycles. The van der Waals surface area contributed by atoms with E-state index in [2.05, 4.69) is 34.5 Å². The molecule has 120 valence electrons. The van der Waals surface area contributed by atoms with Crippen molar-refractivity contribution < 1.29 is 0 Å². The number of hydrogen-bond acceptors (Lipinski definition) is 3. The first kappa shape index (κ1) is 15.6. The van der Waals surface area contributed by atoms with Crippen LogP contribution in [-0.4, -0.2) is 19.1 Å². The lowest BCUT2D eigenvalue weighted by molar-refractivity contribution is 0.578. The van der Waals surface area contributed by atoms with E-state index in [0.717, 1.165) is 29.6 Å². The molecule has 5 heteroatoms. The van der Waals surface area contributed by atoms with E-state index >= 15 is 0 Å². The fourth-order valence-corrected chi connectivity index (χ4v) is 5.06. The second kappa shape index (κ2) is 6.56. The van der Waals surface area contributed by atoms with Crippen LogP contribution in [0.3, 0.4) is 0 Å². The smallest absolute Gasteiger partial charge is 0.0556 e. The molecule has 0 amide bonds. The summed E-state index contributed by atoms with van der Waals surface area (Å²) in [6, 6.07) is 12.9. The molecule has 0 saturated carbocycles. The van der Waals surface area contributed by atoms with E-state index in [9.17, 15) is 0 Å². The molecule has 23 heavy (non-hydrogen) atoms. The first-order chi connectivity index (χ1) is 11.2. The van der Waals surface area contributed by atoms with Crippen molar-refractivity contribution in [1.29, 1.82) is 0 Å². The highest BCUT2D eigenvalue weighted by Gasteiger charge is 2.29. The highest BCUT2D eigenvalue weighted by atomic mass is 35.5. The minimum atomic E-state index is 0.505. The largest absolute Gasteiger partial charge is 0.336 e. The molecule has 0 spiro atoms. The Hall–Kier alpha value is -0.870. The van der Waals surface area contributed by atoms with Crippen LogP contribution in [0.15, 0.2) is 46.2 Å². The first-order valence-corrected chi connectivity index (χ1v) is 9.56. The summed E-state index contributed by atoms with van der Waals surface area (Å²) in [5, 5.41) is 5.07. The molecule has 0 radical (unpaired) electrons. The van der Waals surface area contributed by atoms with E-state index in [4.69, 9.17) is 23.2 Å². The minimum Gasteiger partial charge on any atom is -0.336 e. The van der Waals surface area contributed by atoms with Crippen LogP contribution in [0, 0.1) is 0 Å². The Labute approximate surface area is 151 Å². The summed E-state index contributed by atoms with van der Waals surface area (Å²) >= 11 is 14.2. The lowest BCUT2D eigenvalue weighted by Gasteiger charge is -2.38. The van der Waals surface area contributed by atoms with Crippen LogP contribution in [0.5, 0.6) is 0 Å². The van der Waals surface area contributed by atoms with Crippen molar-refractivity contribution in [1.82, 2.24) is 5.32 Å². The summed E-state index contributed by atoms with van der Waals surface area (Å²) in [6.07, 6.45) is 3.55. The minimum absolute atomic E-state index is 0.505. The number of hydrogen-bond donors (Lipinski definition) is 1. The lowest BCUT2D eigenvalue weighted by atomic mass is 10.0. The second-order valence-corrected chi connectivity index (χ2v) is 7.99. The quantitative estimate of drug-likeness (QED) is 0.694. The number of halogens is 2. The Kier molecular flexibility index (Phi) is 4.46. The molecular formula is C18H18Cl2N2S. The average Bonchev–Trinajstić information content (AvgIpc) is 2.81. The van der Waals surface area contributed by atoms with Crippen LogP contribution in [0.1, 0.15) is 19.3 Å². The Balaban J connectivity index is 1.83. The van der Waals surface area contributed by atoms with Crippen molar-refractivity contribution in [3.8, 4) is 0 Å². The summed E-state index contributed by atoms with van der Waals surface area (Å²) in [5.74, 6) is 0. The first-order valence-electron chi connectivity index (χ1n) is 7.99. The fourth-order valence-electron chi connectivity index (χ4n) is 3.44. The zero-order valence-electron chi connectivity index (χ0n) is 12.7. The standard InChI is InChI=1S/C18H18Cl2N2S/c19-12-3-5-15-17(10-12)23-18-11-13(20)4-6-16(18)22(15)14-2-1-8-21-9-7-14/h3-6,10-11,14,21H,1-2,7-9H2/t14-/m1/s1. The van der Waals surface area contributed by atoms with E-state index < -0.39 is 0 Å². The third-order valence-electron chi connectivity index (χ3n) is 4.49. The van der Waals surface area contributed by atoms with Gasteiger partial charge >= 0.3 is 0 Å². The van der Waals surface area contributed by atoms with Gasteiger partial charge in [-0.1, -0.05) is 35.0 Å². The molecule has 1 saturated heterocycles. The van der Waals surface area contributed by atoms with Gasteiger partial charge in [0, 0.05) is 25.9 Å². The van der Waals surface area contributed by atoms with Gasteiger partial charge in [-0.3, -0.25) is 0 Å². The molecule has 2 heterocycles. The van der Waals surface area contributed by atoms with Crippen molar-refractivity contribution in [3.63, 3.8) is 0 Å². The van der Waals surface area contributed by atoms with Crippen molar-refractivity contribution in [2.75, 3.05) is 18.0 Å². The normalized spacial score (nSPS) is 20.6. The average molecular weight is 365 g/mol. The van der Waals surface area contributed by atoms with Gasteiger partial charge in [0.15, 0.2) is 0 Å². The predicted octanol–water partition coefficient (Wildman–Crippen LogP) is 5.74. The number of nitrogens with zero attached hydrogens (tertiary/aromatic N) is 1. The molecule has 2 aliphatic rings. The van der Waals surface area contributed by atoms with Crippen molar-refractivity contribution in [2.45, 2.75) is 35.1 Å². The van der Waals surface area contributed by atoms with Crippen LogP contribution < -0.4 is 10.2 Å². The second-order valence-electron chi connectivity index (χ2n) is 6.03. The summed E-state index contributed by atoms with van der Waals surface area (Å²) in [7, 11) is 0. The van der Waals surface area contributed by atoms with E-state index in [1.807, 2.05) is 12.1 Å². The Morgan fingerprint density at radius 1 is 0.913 bits per heavy atom. The molecule has 2 nitrogen and oxygen atoms in total. The van der Waals surface area contributed by atoms with Gasteiger partial charge in [0.2, 0.25) is 0 Å². The fraction of sp³-hybridized carbons (Fsp3) is 0.333. The number of rotatable bonds is 1. The van der Waals surface area contributed by atoms with E-state index in [1.165, 1.54) is 34.0 Å². The third-order valence-corrected chi connectivity index (χ3v) is 6.06. The van der Waals surface area contributed by atoms with Crippen LogP contribution >= 0.6 is 35.0 Å². The van der Waals surface area contributed by atoms with Crippen LogP contribution in [-0.2, 0) is 0 Å². The maximum atomic E-state index is 6.23. The van der Waals surface area contributed by atoms with E-state index in [-0.39, 0.29) is 0 Å². The molecule has 1 fully saturated rings. The topological polar surface area (TPSA) is 15.3 Å². The van der Waals surface area contributed by atoms with Crippen LogP contribution in [0.4, 0.5) is 11.4 Å². The molecule has 2 aliphatic heterocycles. The molecule has 4 rings (SSSR count). The van der Waals surface area contributed by atoms with Crippen molar-refractivity contribution in [2.24, 2.45) is 0 Å². The number of anilines is 2. The summed E-state index contributed by atoms with van der Waals surface area (Å²) in [4.78, 5) is 4.93. The molecule has 1 atom stereocenters. The number of benzene rings is 2. The van der Waals surface area contributed by atoms with Crippen molar-refractivity contribution in [3.05, 3.63) is 46.4 Å². The van der Waals surface area contributed by atoms with Gasteiger partial charge in [0.05, 0.1) is 11.4 Å². The Bertz CT molecular complexity index is 675. The van der Waals surface area contributed by atoms with Gasteiger partial charge in [-0.05, 0) is 68.8 Å². The van der Waals surface area contributed by atoms with Gasteiger partial charge < -0.3 is 10.2 Å². The number of nitrogens with one attached hydrogen (secondary N) is 1. The lowest BCUT2D eigenvalue weighted by Crippen LogP contribution is -2.33. The highest BCUT2D eigenvalue weighted by molar-refractivity contribution is 7.99. The van der Waals surface area contributed by atoms with Crippen LogP contribution in [0.25, 0.3) is 0 Å². The molecule has 0 bridgehead atoms. The maximum Gasteiger partial charge on any atom is 0.0556 e. The van der Waals surface area contributed by atoms with Gasteiger partial charge in [-0.25, -0.2) is 0 Å². The zero-order valence-corrected chi connectivity index (χ0v) is 15.0. The van der Waals surface area contributed by atoms with Crippen molar-refractivity contribution >= 4 is 46.3 Å². The molecule has 0 unspecified atom stereocenters. The number of fused-ring (bicyclic) bond motifs is 2. The third kappa shape index (κ3) is 3.08. The van der Waals surface area contributed by atoms with E-state index in [1.54, 1.807) is 11.8 Å². The molecule has 0 aromatic heterocycles. The summed E-state index contributed by atoms with van der Waals surface area (Å²) in [6.45, 7) is 2.18. The highest BCUT2D eigenvalue weighted by Crippen LogP contribution is 2.51. The summed E-state index contributed by atoms with van der Waals surface area (Å²) in [5.41, 5.74) is 2.53. The monoisotopic (exact) mass is 364 g/mol. The van der Waals surface area contributed by atoms with Gasteiger partial charge in [-0.15, -0.1) is 0 Å². The van der Waals surface area contributed by atoms with E-state index in [0.29, 0.717) is 6.04 Å². The Morgan fingerprint density at radius 3 is 2.22 bits per heavy atom. The zero-order chi connectivity index (χ0) is 15.8. The summed E-state index contributed by atoms with van der Waals surface area (Å²) < 4.78 is 0. The van der Waals surface area contributed by atoms with Crippen LogP contribution in [0.2, 0.25) is 10.0 Å². The maximum absolute atomic E-state index is 6.23. The molecular weight excluding hydrogens is 347 g/mol. The van der Waals surface area contributed by atoms with Gasteiger partial charge in [-0.2, -0.15) is 0 Å². The molecule has 2 aromatic rings. The predicted molar refractivity (Wildman–Crippen MR) is 99.7 cm³/mol. The Morgan fingerprint density at radius 2 is 1.57 bits per heavy atom.